The van der Waals surface area contributed by atoms with Gasteiger partial charge in [0, 0.05) is 11.6 Å². The Labute approximate surface area is 115 Å². The van der Waals surface area contributed by atoms with Gasteiger partial charge in [0.1, 0.15) is 10.8 Å². The van der Waals surface area contributed by atoms with Crippen LogP contribution in [0.3, 0.4) is 0 Å². The van der Waals surface area contributed by atoms with Crippen molar-refractivity contribution in [3.63, 3.8) is 0 Å². The van der Waals surface area contributed by atoms with Crippen LogP contribution in [0.2, 0.25) is 0 Å². The number of nitro groups is 1. The lowest BCUT2D eigenvalue weighted by atomic mass is 10.1. The SMILES string of the molecule is O=C(NCc1nccs1)c1cc(F)cc([N+](=O)[O-])c1F. The van der Waals surface area contributed by atoms with Crippen molar-refractivity contribution in [3.8, 4) is 0 Å². The van der Waals surface area contributed by atoms with Gasteiger partial charge in [0.25, 0.3) is 5.91 Å². The number of nitrogens with zero attached hydrogens (tertiary/aromatic N) is 2. The van der Waals surface area contributed by atoms with E-state index in [1.54, 1.807) is 5.38 Å². The highest BCUT2D eigenvalue weighted by molar-refractivity contribution is 7.09. The Hall–Kier alpha value is -2.42. The summed E-state index contributed by atoms with van der Waals surface area (Å²) in [6.07, 6.45) is 1.53. The van der Waals surface area contributed by atoms with E-state index < -0.39 is 33.7 Å². The van der Waals surface area contributed by atoms with Crippen LogP contribution in [0.15, 0.2) is 23.7 Å². The summed E-state index contributed by atoms with van der Waals surface area (Å²) >= 11 is 1.27. The number of thiazole rings is 1. The van der Waals surface area contributed by atoms with Crippen LogP contribution in [0.1, 0.15) is 15.4 Å². The number of rotatable bonds is 4. The van der Waals surface area contributed by atoms with E-state index in [4.69, 9.17) is 0 Å². The van der Waals surface area contributed by atoms with Gasteiger partial charge >= 0.3 is 5.69 Å². The summed E-state index contributed by atoms with van der Waals surface area (Å²) in [5.74, 6) is -3.37. The van der Waals surface area contributed by atoms with Gasteiger partial charge in [0.15, 0.2) is 0 Å². The fraction of sp³-hybridized carbons (Fsp3) is 0.0909. The second kappa shape index (κ2) is 5.70. The van der Waals surface area contributed by atoms with Crippen molar-refractivity contribution in [3.05, 3.63) is 56.0 Å². The van der Waals surface area contributed by atoms with Crippen molar-refractivity contribution in [2.45, 2.75) is 6.54 Å². The third-order valence-electron chi connectivity index (χ3n) is 2.34. The summed E-state index contributed by atoms with van der Waals surface area (Å²) < 4.78 is 26.9. The number of benzene rings is 1. The molecule has 1 aromatic carbocycles. The minimum atomic E-state index is -1.37. The predicted octanol–water partition coefficient (Wildman–Crippen LogP) is 2.26. The van der Waals surface area contributed by atoms with E-state index in [0.717, 1.165) is 0 Å². The highest BCUT2D eigenvalue weighted by Crippen LogP contribution is 2.22. The molecule has 104 valence electrons. The Bertz CT molecular complexity index is 661. The van der Waals surface area contributed by atoms with Gasteiger partial charge in [0.2, 0.25) is 5.82 Å². The van der Waals surface area contributed by atoms with Crippen LogP contribution < -0.4 is 5.32 Å². The van der Waals surface area contributed by atoms with Crippen LogP contribution in [-0.4, -0.2) is 15.8 Å². The third-order valence-corrected chi connectivity index (χ3v) is 3.12. The summed E-state index contributed by atoms with van der Waals surface area (Å²) in [6.45, 7) is 0.0280. The first-order valence-corrected chi connectivity index (χ1v) is 6.17. The Kier molecular flexibility index (Phi) is 3.99. The van der Waals surface area contributed by atoms with Gasteiger partial charge in [-0.2, -0.15) is 4.39 Å². The van der Waals surface area contributed by atoms with Crippen molar-refractivity contribution < 1.29 is 18.5 Å². The maximum absolute atomic E-state index is 13.7. The molecule has 0 atom stereocenters. The fourth-order valence-corrected chi connectivity index (χ4v) is 2.02. The number of aromatic nitrogens is 1. The molecule has 0 aliphatic carbocycles. The molecule has 0 saturated carbocycles. The molecule has 9 heteroatoms. The summed E-state index contributed by atoms with van der Waals surface area (Å²) in [6, 6.07) is 1.03. The van der Waals surface area contributed by atoms with Crippen molar-refractivity contribution in [2.75, 3.05) is 0 Å². The molecule has 6 nitrogen and oxygen atoms in total. The van der Waals surface area contributed by atoms with Gasteiger partial charge in [-0.1, -0.05) is 0 Å². The van der Waals surface area contributed by atoms with Crippen molar-refractivity contribution in [1.29, 1.82) is 0 Å². The molecule has 0 radical (unpaired) electrons. The average molecular weight is 299 g/mol. The van der Waals surface area contributed by atoms with E-state index in [0.29, 0.717) is 17.1 Å². The lowest BCUT2D eigenvalue weighted by Gasteiger charge is -2.05. The first-order chi connectivity index (χ1) is 9.49. The molecular formula is C11H7F2N3O3S. The van der Waals surface area contributed by atoms with Crippen LogP contribution in [-0.2, 0) is 6.54 Å². The molecule has 1 N–H and O–H groups in total. The van der Waals surface area contributed by atoms with Gasteiger partial charge in [-0.05, 0) is 6.07 Å². The van der Waals surface area contributed by atoms with Crippen LogP contribution >= 0.6 is 11.3 Å². The Balaban J connectivity index is 2.23. The highest BCUT2D eigenvalue weighted by atomic mass is 32.1. The van der Waals surface area contributed by atoms with Crippen molar-refractivity contribution >= 4 is 22.9 Å². The molecule has 0 fully saturated rings. The lowest BCUT2D eigenvalue weighted by Crippen LogP contribution is -2.24. The van der Waals surface area contributed by atoms with Crippen LogP contribution in [0.25, 0.3) is 0 Å². The number of hydrogen-bond donors (Lipinski definition) is 1. The smallest absolute Gasteiger partial charge is 0.308 e. The molecule has 0 aliphatic rings. The van der Waals surface area contributed by atoms with Gasteiger partial charge < -0.3 is 5.32 Å². The summed E-state index contributed by atoms with van der Waals surface area (Å²) in [5.41, 5.74) is -1.79. The zero-order valence-electron chi connectivity index (χ0n) is 9.80. The minimum Gasteiger partial charge on any atom is -0.345 e. The van der Waals surface area contributed by atoms with Gasteiger partial charge in [-0.25, -0.2) is 9.37 Å². The molecule has 1 heterocycles. The fourth-order valence-electron chi connectivity index (χ4n) is 1.46. The molecule has 1 aromatic heterocycles. The predicted molar refractivity (Wildman–Crippen MR) is 66.3 cm³/mol. The minimum absolute atomic E-state index is 0.0280. The van der Waals surface area contributed by atoms with E-state index in [1.165, 1.54) is 17.5 Å². The number of carbonyl (C=O) groups excluding carboxylic acids is 1. The van der Waals surface area contributed by atoms with Crippen LogP contribution in [0.4, 0.5) is 14.5 Å². The molecule has 1 amide bonds. The zero-order chi connectivity index (χ0) is 14.7. The van der Waals surface area contributed by atoms with E-state index >= 15 is 0 Å². The molecule has 2 rings (SSSR count). The summed E-state index contributed by atoms with van der Waals surface area (Å²) in [4.78, 5) is 25.1. The van der Waals surface area contributed by atoms with Crippen LogP contribution in [0, 0.1) is 21.7 Å². The van der Waals surface area contributed by atoms with E-state index in [-0.39, 0.29) is 6.54 Å². The number of carbonyl (C=O) groups is 1. The molecule has 0 bridgehead atoms. The quantitative estimate of drug-likeness (QED) is 0.693. The highest BCUT2D eigenvalue weighted by Gasteiger charge is 2.24. The Morgan fingerprint density at radius 1 is 1.45 bits per heavy atom. The molecule has 0 saturated heterocycles. The maximum atomic E-state index is 13.7. The summed E-state index contributed by atoms with van der Waals surface area (Å²) in [5, 5.41) is 15.1. The number of hydrogen-bond acceptors (Lipinski definition) is 5. The topological polar surface area (TPSA) is 85.1 Å². The Morgan fingerprint density at radius 2 is 2.20 bits per heavy atom. The number of nitro benzene ring substituents is 1. The second-order valence-electron chi connectivity index (χ2n) is 3.65. The zero-order valence-corrected chi connectivity index (χ0v) is 10.6. The molecule has 0 aliphatic heterocycles. The van der Waals surface area contributed by atoms with E-state index in [9.17, 15) is 23.7 Å². The largest absolute Gasteiger partial charge is 0.345 e. The van der Waals surface area contributed by atoms with Gasteiger partial charge in [0.05, 0.1) is 23.1 Å². The van der Waals surface area contributed by atoms with Gasteiger partial charge in [-0.15, -0.1) is 11.3 Å². The molecule has 20 heavy (non-hydrogen) atoms. The maximum Gasteiger partial charge on any atom is 0.308 e. The standard InChI is InChI=1S/C11H7F2N3O3S/c12-6-3-7(10(13)8(4-6)16(18)19)11(17)15-5-9-14-1-2-20-9/h1-4H,5H2,(H,15,17). The normalized spacial score (nSPS) is 10.3. The number of amides is 1. The summed E-state index contributed by atoms with van der Waals surface area (Å²) in [7, 11) is 0. The van der Waals surface area contributed by atoms with Crippen molar-refractivity contribution in [1.82, 2.24) is 10.3 Å². The molecular weight excluding hydrogens is 292 g/mol. The lowest BCUT2D eigenvalue weighted by molar-refractivity contribution is -0.387. The Morgan fingerprint density at radius 3 is 2.80 bits per heavy atom. The van der Waals surface area contributed by atoms with Crippen LogP contribution in [0.5, 0.6) is 0 Å². The first kappa shape index (κ1) is 14.0. The van der Waals surface area contributed by atoms with Crippen molar-refractivity contribution in [2.24, 2.45) is 0 Å². The van der Waals surface area contributed by atoms with Gasteiger partial charge in [-0.3, -0.25) is 14.9 Å². The average Bonchev–Trinajstić information content (AvgIpc) is 2.91. The molecule has 0 unspecified atom stereocenters. The third kappa shape index (κ3) is 2.94. The monoisotopic (exact) mass is 299 g/mol. The van der Waals surface area contributed by atoms with E-state index in [1.807, 2.05) is 0 Å². The first-order valence-electron chi connectivity index (χ1n) is 5.29. The molecule has 2 aromatic rings. The molecule has 0 spiro atoms. The van der Waals surface area contributed by atoms with E-state index in [2.05, 4.69) is 10.3 Å². The number of nitrogens with one attached hydrogen (secondary N) is 1. The second-order valence-corrected chi connectivity index (χ2v) is 4.63. The number of halogens is 2.